The molecule has 0 saturated carbocycles. The number of fused-ring (bicyclic) bond motifs is 1. The minimum absolute atomic E-state index is 0.0661. The van der Waals surface area contributed by atoms with Crippen molar-refractivity contribution in [3.63, 3.8) is 0 Å². The summed E-state index contributed by atoms with van der Waals surface area (Å²) in [6.45, 7) is 0.474. The van der Waals surface area contributed by atoms with Crippen LogP contribution in [0.5, 0.6) is 5.88 Å². The van der Waals surface area contributed by atoms with E-state index < -0.39 is 0 Å². The summed E-state index contributed by atoms with van der Waals surface area (Å²) in [5, 5.41) is 14.4. The third kappa shape index (κ3) is 3.25. The van der Waals surface area contributed by atoms with Gasteiger partial charge in [0.25, 0.3) is 5.91 Å². The minimum Gasteiger partial charge on any atom is -0.493 e. The molecule has 134 valence electrons. The molecule has 0 aliphatic rings. The first-order valence-electron chi connectivity index (χ1n) is 8.56. The smallest absolute Gasteiger partial charge is 0.259 e. The Morgan fingerprint density at radius 3 is 2.44 bits per heavy atom. The van der Waals surface area contributed by atoms with E-state index in [0.717, 1.165) is 11.1 Å². The van der Waals surface area contributed by atoms with Crippen LogP contribution in [-0.2, 0) is 6.54 Å². The van der Waals surface area contributed by atoms with E-state index in [1.54, 1.807) is 11.9 Å². The first-order valence-corrected chi connectivity index (χ1v) is 8.56. The highest BCUT2D eigenvalue weighted by Gasteiger charge is 2.20. The third-order valence-electron chi connectivity index (χ3n) is 4.36. The van der Waals surface area contributed by atoms with Crippen LogP contribution in [0.4, 0.5) is 0 Å². The fourth-order valence-corrected chi connectivity index (χ4v) is 2.99. The fourth-order valence-electron chi connectivity index (χ4n) is 2.99. The Labute approximate surface area is 156 Å². The van der Waals surface area contributed by atoms with Crippen LogP contribution in [0.2, 0.25) is 0 Å². The Bertz CT molecular complexity index is 1090. The number of carbonyl (C=O) groups excluding carboxylic acids is 1. The van der Waals surface area contributed by atoms with E-state index in [1.165, 1.54) is 16.8 Å². The molecule has 0 aliphatic heterocycles. The Morgan fingerprint density at radius 1 is 1.07 bits per heavy atom. The summed E-state index contributed by atoms with van der Waals surface area (Å²) in [6, 6.07) is 20.8. The molecule has 0 unspecified atom stereocenters. The lowest BCUT2D eigenvalue weighted by Crippen LogP contribution is -2.26. The molecule has 4 rings (SSSR count). The fraction of sp³-hybridized carbons (Fsp3) is 0.0952. The van der Waals surface area contributed by atoms with Crippen molar-refractivity contribution in [1.82, 2.24) is 19.5 Å². The van der Waals surface area contributed by atoms with Crippen LogP contribution in [0, 0.1) is 0 Å². The highest BCUT2D eigenvalue weighted by Crippen LogP contribution is 2.24. The second-order valence-corrected chi connectivity index (χ2v) is 6.31. The molecule has 1 amide bonds. The standard InChI is InChI=1S/C21H18N4O2/c1-24(14-15-8-4-2-5-9-15)21(27)17-13-22-25-19(26)12-18(23-20(17)25)16-10-6-3-7-11-16/h2-13,26H,14H2,1H3. The average Bonchev–Trinajstić information content (AvgIpc) is 3.13. The number of nitrogens with zero attached hydrogens (tertiary/aromatic N) is 4. The van der Waals surface area contributed by atoms with Gasteiger partial charge in [0.1, 0.15) is 5.56 Å². The molecule has 0 atom stereocenters. The first kappa shape index (κ1) is 16.8. The summed E-state index contributed by atoms with van der Waals surface area (Å²) in [4.78, 5) is 19.1. The molecule has 0 spiro atoms. The zero-order valence-electron chi connectivity index (χ0n) is 14.8. The van der Waals surface area contributed by atoms with Gasteiger partial charge in [0.05, 0.1) is 11.9 Å². The van der Waals surface area contributed by atoms with Gasteiger partial charge < -0.3 is 10.0 Å². The summed E-state index contributed by atoms with van der Waals surface area (Å²) < 4.78 is 1.27. The van der Waals surface area contributed by atoms with Gasteiger partial charge in [0.15, 0.2) is 5.65 Å². The quantitative estimate of drug-likeness (QED) is 0.607. The van der Waals surface area contributed by atoms with Crippen molar-refractivity contribution in [1.29, 1.82) is 0 Å². The topological polar surface area (TPSA) is 70.7 Å². The largest absolute Gasteiger partial charge is 0.493 e. The van der Waals surface area contributed by atoms with Crippen molar-refractivity contribution in [3.05, 3.63) is 84.1 Å². The lowest BCUT2D eigenvalue weighted by atomic mass is 10.1. The number of amides is 1. The number of rotatable bonds is 4. The molecule has 2 aromatic carbocycles. The lowest BCUT2D eigenvalue weighted by Gasteiger charge is -2.16. The number of hydrogen-bond acceptors (Lipinski definition) is 4. The molecular weight excluding hydrogens is 340 g/mol. The van der Waals surface area contributed by atoms with Crippen molar-refractivity contribution in [2.75, 3.05) is 7.05 Å². The highest BCUT2D eigenvalue weighted by atomic mass is 16.3. The zero-order valence-corrected chi connectivity index (χ0v) is 14.8. The van der Waals surface area contributed by atoms with Gasteiger partial charge in [-0.25, -0.2) is 4.98 Å². The second-order valence-electron chi connectivity index (χ2n) is 6.31. The maximum Gasteiger partial charge on any atom is 0.259 e. The number of hydrogen-bond donors (Lipinski definition) is 1. The van der Waals surface area contributed by atoms with Crippen LogP contribution in [0.1, 0.15) is 15.9 Å². The van der Waals surface area contributed by atoms with Crippen LogP contribution in [0.15, 0.2) is 72.9 Å². The van der Waals surface area contributed by atoms with E-state index in [0.29, 0.717) is 23.4 Å². The molecule has 0 fully saturated rings. The van der Waals surface area contributed by atoms with E-state index in [4.69, 9.17) is 0 Å². The Hall–Kier alpha value is -3.67. The lowest BCUT2D eigenvalue weighted by molar-refractivity contribution is 0.0787. The Morgan fingerprint density at radius 2 is 1.74 bits per heavy atom. The van der Waals surface area contributed by atoms with Crippen molar-refractivity contribution in [3.8, 4) is 17.1 Å². The van der Waals surface area contributed by atoms with E-state index in [2.05, 4.69) is 10.1 Å². The molecule has 1 N–H and O–H groups in total. The summed E-state index contributed by atoms with van der Waals surface area (Å²) in [5.41, 5.74) is 3.15. The molecule has 6 heteroatoms. The van der Waals surface area contributed by atoms with Crippen LogP contribution in [-0.4, -0.2) is 37.6 Å². The number of aromatic nitrogens is 3. The molecule has 6 nitrogen and oxygen atoms in total. The van der Waals surface area contributed by atoms with Crippen molar-refractivity contribution in [2.45, 2.75) is 6.54 Å². The number of aromatic hydroxyl groups is 1. The summed E-state index contributed by atoms with van der Waals surface area (Å²) in [7, 11) is 1.74. The van der Waals surface area contributed by atoms with Gasteiger partial charge in [-0.15, -0.1) is 0 Å². The average molecular weight is 358 g/mol. The van der Waals surface area contributed by atoms with E-state index >= 15 is 0 Å². The summed E-state index contributed by atoms with van der Waals surface area (Å²) in [6.07, 6.45) is 1.45. The van der Waals surface area contributed by atoms with E-state index in [1.807, 2.05) is 60.7 Å². The molecule has 0 saturated heterocycles. The Kier molecular flexibility index (Phi) is 4.30. The van der Waals surface area contributed by atoms with Crippen LogP contribution in [0.3, 0.4) is 0 Å². The van der Waals surface area contributed by atoms with Gasteiger partial charge in [0.2, 0.25) is 5.88 Å². The molecule has 0 radical (unpaired) electrons. The molecule has 27 heavy (non-hydrogen) atoms. The minimum atomic E-state index is -0.203. The second kappa shape index (κ2) is 6.92. The van der Waals surface area contributed by atoms with Gasteiger partial charge in [0, 0.05) is 25.2 Å². The Balaban J connectivity index is 1.71. The monoisotopic (exact) mass is 358 g/mol. The van der Waals surface area contributed by atoms with Crippen LogP contribution < -0.4 is 0 Å². The maximum absolute atomic E-state index is 12.9. The van der Waals surface area contributed by atoms with Crippen molar-refractivity contribution < 1.29 is 9.90 Å². The molecular formula is C21H18N4O2. The number of carbonyl (C=O) groups is 1. The van der Waals surface area contributed by atoms with Crippen LogP contribution in [0.25, 0.3) is 16.9 Å². The van der Waals surface area contributed by atoms with Crippen molar-refractivity contribution >= 4 is 11.6 Å². The van der Waals surface area contributed by atoms with Gasteiger partial charge in [-0.3, -0.25) is 4.79 Å². The molecule has 2 heterocycles. The first-order chi connectivity index (χ1) is 13.1. The molecule has 2 aromatic heterocycles. The maximum atomic E-state index is 12.9. The molecule has 0 bridgehead atoms. The predicted octanol–water partition coefficient (Wildman–Crippen LogP) is 3.37. The van der Waals surface area contributed by atoms with Gasteiger partial charge >= 0.3 is 0 Å². The SMILES string of the molecule is CN(Cc1ccccc1)C(=O)c1cnn2c(O)cc(-c3ccccc3)nc12. The van der Waals surface area contributed by atoms with Gasteiger partial charge in [-0.1, -0.05) is 60.7 Å². The summed E-state index contributed by atoms with van der Waals surface area (Å²) >= 11 is 0. The highest BCUT2D eigenvalue weighted by molar-refractivity contribution is 5.99. The number of benzene rings is 2. The zero-order chi connectivity index (χ0) is 18.8. The van der Waals surface area contributed by atoms with Crippen molar-refractivity contribution in [2.24, 2.45) is 0 Å². The third-order valence-corrected chi connectivity index (χ3v) is 4.36. The van der Waals surface area contributed by atoms with Gasteiger partial charge in [-0.2, -0.15) is 9.61 Å². The predicted molar refractivity (Wildman–Crippen MR) is 102 cm³/mol. The van der Waals surface area contributed by atoms with Crippen LogP contribution >= 0.6 is 0 Å². The van der Waals surface area contributed by atoms with Gasteiger partial charge in [-0.05, 0) is 5.56 Å². The molecule has 4 aromatic rings. The summed E-state index contributed by atoms with van der Waals surface area (Å²) in [5.74, 6) is -0.269. The van der Waals surface area contributed by atoms with E-state index in [9.17, 15) is 9.90 Å². The normalized spacial score (nSPS) is 10.9. The van der Waals surface area contributed by atoms with E-state index in [-0.39, 0.29) is 11.8 Å². The molecule has 0 aliphatic carbocycles.